The number of rotatable bonds is 4. The molecule has 1 fully saturated rings. The molecule has 3 heterocycles. The summed E-state index contributed by atoms with van der Waals surface area (Å²) in [4.78, 5) is 19.0. The van der Waals surface area contributed by atoms with Gasteiger partial charge in [0.2, 0.25) is 0 Å². The van der Waals surface area contributed by atoms with Gasteiger partial charge in [0.15, 0.2) is 5.82 Å². The van der Waals surface area contributed by atoms with Gasteiger partial charge >= 0.3 is 0 Å². The zero-order chi connectivity index (χ0) is 22.8. The highest BCUT2D eigenvalue weighted by molar-refractivity contribution is 6.04. The van der Waals surface area contributed by atoms with E-state index in [4.69, 9.17) is 5.73 Å². The lowest BCUT2D eigenvalue weighted by atomic mass is 10.1. The second-order valence-electron chi connectivity index (χ2n) is 7.79. The van der Waals surface area contributed by atoms with Gasteiger partial charge in [0.05, 0.1) is 6.20 Å². The Morgan fingerprint density at radius 1 is 1.12 bits per heavy atom. The molecule has 0 bridgehead atoms. The first kappa shape index (κ1) is 21.8. The maximum Gasteiger partial charge on any atom is 0.274 e. The SMILES string of the molecule is Cn1ncc(NC(=O)c2ccc(F)c(-c3ccc(F)cc3F)n2)c1N1CCCC(N)CC1. The van der Waals surface area contributed by atoms with Gasteiger partial charge in [-0.15, -0.1) is 0 Å². The Labute approximate surface area is 183 Å². The van der Waals surface area contributed by atoms with Crippen LogP contribution < -0.4 is 16.0 Å². The molecule has 1 saturated heterocycles. The molecule has 1 amide bonds. The number of hydrogen-bond acceptors (Lipinski definition) is 5. The minimum absolute atomic E-state index is 0.113. The molecule has 1 aliphatic rings. The molecule has 2 aromatic heterocycles. The molecule has 3 aromatic rings. The van der Waals surface area contributed by atoms with Crippen molar-refractivity contribution in [2.75, 3.05) is 23.3 Å². The number of amides is 1. The third-order valence-electron chi connectivity index (χ3n) is 5.49. The van der Waals surface area contributed by atoms with E-state index in [0.717, 1.165) is 56.4 Å². The number of benzene rings is 1. The number of nitrogens with two attached hydrogens (primary N) is 1. The number of carbonyl (C=O) groups excluding carboxylic acids is 1. The van der Waals surface area contributed by atoms with Crippen molar-refractivity contribution >= 4 is 17.4 Å². The molecule has 10 heteroatoms. The van der Waals surface area contributed by atoms with Crippen molar-refractivity contribution in [2.45, 2.75) is 25.3 Å². The maximum atomic E-state index is 14.3. The van der Waals surface area contributed by atoms with Crippen molar-refractivity contribution in [1.82, 2.24) is 14.8 Å². The molecule has 0 radical (unpaired) electrons. The van der Waals surface area contributed by atoms with Crippen LogP contribution in [0.25, 0.3) is 11.3 Å². The van der Waals surface area contributed by atoms with Crippen molar-refractivity contribution in [3.8, 4) is 11.3 Å². The Hall–Kier alpha value is -3.40. The van der Waals surface area contributed by atoms with Crippen molar-refractivity contribution in [1.29, 1.82) is 0 Å². The summed E-state index contributed by atoms with van der Waals surface area (Å²) in [6, 6.07) is 5.09. The van der Waals surface area contributed by atoms with E-state index in [-0.39, 0.29) is 23.0 Å². The van der Waals surface area contributed by atoms with E-state index in [2.05, 4.69) is 20.3 Å². The van der Waals surface area contributed by atoms with Crippen LogP contribution in [0.3, 0.4) is 0 Å². The van der Waals surface area contributed by atoms with E-state index >= 15 is 0 Å². The molecule has 1 aliphatic heterocycles. The number of halogens is 3. The lowest BCUT2D eigenvalue weighted by Crippen LogP contribution is -2.29. The highest BCUT2D eigenvalue weighted by Gasteiger charge is 2.23. The van der Waals surface area contributed by atoms with Crippen molar-refractivity contribution in [3.63, 3.8) is 0 Å². The molecular formula is C22H23F3N6O. The molecular weight excluding hydrogens is 421 g/mol. The molecule has 3 N–H and O–H groups in total. The van der Waals surface area contributed by atoms with Gasteiger partial charge in [-0.1, -0.05) is 0 Å². The van der Waals surface area contributed by atoms with Crippen molar-refractivity contribution in [3.05, 3.63) is 59.7 Å². The summed E-state index contributed by atoms with van der Waals surface area (Å²) in [5.74, 6) is -2.45. The van der Waals surface area contributed by atoms with Crippen molar-refractivity contribution in [2.24, 2.45) is 12.8 Å². The van der Waals surface area contributed by atoms with Crippen LogP contribution >= 0.6 is 0 Å². The second kappa shape index (κ2) is 8.99. The lowest BCUT2D eigenvalue weighted by Gasteiger charge is -2.24. The number of carbonyl (C=O) groups is 1. The smallest absolute Gasteiger partial charge is 0.274 e. The molecule has 1 atom stereocenters. The average molecular weight is 444 g/mol. The fraction of sp³-hybridized carbons (Fsp3) is 0.318. The standard InChI is InChI=1S/C22H23F3N6O/c1-30-22(31-9-2-3-14(26)8-10-31)19(12-27-30)29-21(32)18-7-6-16(24)20(28-18)15-5-4-13(23)11-17(15)25/h4-7,11-12,14H,2-3,8-10,26H2,1H3,(H,29,32). The third kappa shape index (κ3) is 4.45. The van der Waals surface area contributed by atoms with Crippen LogP contribution in [-0.2, 0) is 7.05 Å². The normalized spacial score (nSPS) is 16.7. The zero-order valence-electron chi connectivity index (χ0n) is 17.5. The summed E-state index contributed by atoms with van der Waals surface area (Å²) in [6.45, 7) is 1.51. The number of aryl methyl sites for hydroxylation is 1. The molecule has 168 valence electrons. The van der Waals surface area contributed by atoms with Gasteiger partial charge in [0.1, 0.15) is 34.5 Å². The number of nitrogens with zero attached hydrogens (tertiary/aromatic N) is 4. The zero-order valence-corrected chi connectivity index (χ0v) is 17.5. The summed E-state index contributed by atoms with van der Waals surface area (Å²) in [5.41, 5.74) is 5.83. The van der Waals surface area contributed by atoms with Gasteiger partial charge in [-0.2, -0.15) is 5.10 Å². The van der Waals surface area contributed by atoms with Crippen LogP contribution in [-0.4, -0.2) is 39.8 Å². The fourth-order valence-corrected chi connectivity index (χ4v) is 3.85. The van der Waals surface area contributed by atoms with E-state index < -0.39 is 23.4 Å². The van der Waals surface area contributed by atoms with E-state index in [9.17, 15) is 18.0 Å². The summed E-state index contributed by atoms with van der Waals surface area (Å²) in [7, 11) is 1.78. The Balaban J connectivity index is 1.60. The minimum atomic E-state index is -0.970. The predicted octanol–water partition coefficient (Wildman–Crippen LogP) is 3.47. The largest absolute Gasteiger partial charge is 0.355 e. The quantitative estimate of drug-likeness (QED) is 0.643. The van der Waals surface area contributed by atoms with E-state index in [1.54, 1.807) is 11.7 Å². The summed E-state index contributed by atoms with van der Waals surface area (Å²) < 4.78 is 43.4. The Morgan fingerprint density at radius 2 is 1.94 bits per heavy atom. The number of nitrogens with one attached hydrogen (secondary N) is 1. The molecule has 0 aliphatic carbocycles. The lowest BCUT2D eigenvalue weighted by molar-refractivity contribution is 0.102. The maximum absolute atomic E-state index is 14.3. The molecule has 32 heavy (non-hydrogen) atoms. The van der Waals surface area contributed by atoms with Crippen LogP contribution in [0.1, 0.15) is 29.8 Å². The van der Waals surface area contributed by atoms with E-state index in [0.29, 0.717) is 11.8 Å². The number of aromatic nitrogens is 3. The molecule has 4 rings (SSSR count). The average Bonchev–Trinajstić information content (AvgIpc) is 2.97. The van der Waals surface area contributed by atoms with Gasteiger partial charge < -0.3 is 16.0 Å². The first-order valence-corrected chi connectivity index (χ1v) is 10.3. The summed E-state index contributed by atoms with van der Waals surface area (Å²) in [6.07, 6.45) is 4.21. The Bertz CT molecular complexity index is 1150. The number of anilines is 2. The summed E-state index contributed by atoms with van der Waals surface area (Å²) in [5, 5.41) is 7.02. The molecule has 7 nitrogen and oxygen atoms in total. The Kier molecular flexibility index (Phi) is 6.13. The van der Waals surface area contributed by atoms with Gasteiger partial charge in [-0.25, -0.2) is 18.2 Å². The highest BCUT2D eigenvalue weighted by atomic mass is 19.1. The van der Waals surface area contributed by atoms with Gasteiger partial charge in [0.25, 0.3) is 5.91 Å². The molecule has 0 saturated carbocycles. The minimum Gasteiger partial charge on any atom is -0.355 e. The molecule has 1 aromatic carbocycles. The topological polar surface area (TPSA) is 89.1 Å². The first-order chi connectivity index (χ1) is 15.3. The van der Waals surface area contributed by atoms with Crippen LogP contribution in [0.4, 0.5) is 24.7 Å². The van der Waals surface area contributed by atoms with Crippen LogP contribution in [0.15, 0.2) is 36.5 Å². The molecule has 1 unspecified atom stereocenters. The second-order valence-corrected chi connectivity index (χ2v) is 7.79. The Morgan fingerprint density at radius 3 is 2.72 bits per heavy atom. The summed E-state index contributed by atoms with van der Waals surface area (Å²) >= 11 is 0. The van der Waals surface area contributed by atoms with Crippen LogP contribution in [0.5, 0.6) is 0 Å². The molecule has 0 spiro atoms. The fourth-order valence-electron chi connectivity index (χ4n) is 3.85. The third-order valence-corrected chi connectivity index (χ3v) is 5.49. The van der Waals surface area contributed by atoms with E-state index in [1.807, 2.05) is 0 Å². The van der Waals surface area contributed by atoms with Crippen molar-refractivity contribution < 1.29 is 18.0 Å². The van der Waals surface area contributed by atoms with Gasteiger partial charge in [-0.05, 0) is 43.5 Å². The van der Waals surface area contributed by atoms with Crippen LogP contribution in [0.2, 0.25) is 0 Å². The highest BCUT2D eigenvalue weighted by Crippen LogP contribution is 2.29. The van der Waals surface area contributed by atoms with E-state index in [1.165, 1.54) is 12.3 Å². The number of pyridine rings is 1. The predicted molar refractivity (Wildman–Crippen MR) is 115 cm³/mol. The van der Waals surface area contributed by atoms with Gasteiger partial charge in [-0.3, -0.25) is 9.48 Å². The monoisotopic (exact) mass is 444 g/mol. The number of hydrogen-bond donors (Lipinski definition) is 2. The first-order valence-electron chi connectivity index (χ1n) is 10.3. The van der Waals surface area contributed by atoms with Gasteiger partial charge in [0, 0.05) is 37.8 Å². The van der Waals surface area contributed by atoms with Crippen LogP contribution in [0, 0.1) is 17.5 Å².